The first-order chi connectivity index (χ1) is 13.1. The number of carbonyl (C=O) groups is 1. The summed E-state index contributed by atoms with van der Waals surface area (Å²) in [4.78, 5) is 22.5. The van der Waals surface area contributed by atoms with Crippen LogP contribution in [0.15, 0.2) is 48.5 Å². The van der Waals surface area contributed by atoms with Gasteiger partial charge in [-0.25, -0.2) is 0 Å². The number of anilines is 1. The van der Waals surface area contributed by atoms with Crippen molar-refractivity contribution in [1.29, 1.82) is 0 Å². The molecule has 0 unspecified atom stereocenters. The highest BCUT2D eigenvalue weighted by molar-refractivity contribution is 7.80. The zero-order chi connectivity index (χ0) is 20.9. The quantitative estimate of drug-likeness (QED) is 0.189. The molecule has 7 nitrogen and oxygen atoms in total. The topological polar surface area (TPSA) is 96.3 Å². The fourth-order valence-electron chi connectivity index (χ4n) is 2.01. The van der Waals surface area contributed by atoms with E-state index >= 15 is 0 Å². The van der Waals surface area contributed by atoms with Crippen molar-refractivity contribution in [3.63, 3.8) is 0 Å². The second-order valence-electron chi connectivity index (χ2n) is 5.33. The summed E-state index contributed by atoms with van der Waals surface area (Å²) in [6, 6.07) is 12.1. The van der Waals surface area contributed by atoms with Crippen molar-refractivity contribution in [1.82, 2.24) is 10.6 Å². The van der Waals surface area contributed by atoms with Crippen molar-refractivity contribution in [3.05, 3.63) is 69.2 Å². The predicted molar refractivity (Wildman–Crippen MR) is 115 cm³/mol. The van der Waals surface area contributed by atoms with E-state index in [1.807, 2.05) is 0 Å². The predicted octanol–water partition coefficient (Wildman–Crippen LogP) is 4.66. The van der Waals surface area contributed by atoms with Gasteiger partial charge in [-0.05, 0) is 30.4 Å². The normalized spacial score (nSPS) is 12.0. The van der Waals surface area contributed by atoms with Gasteiger partial charge in [-0.3, -0.25) is 14.9 Å². The summed E-state index contributed by atoms with van der Waals surface area (Å²) < 4.78 is -1.94. The van der Waals surface area contributed by atoms with Crippen molar-refractivity contribution in [2.45, 2.75) is 9.96 Å². The first kappa shape index (κ1) is 22.4. The van der Waals surface area contributed by atoms with Crippen LogP contribution in [0, 0.1) is 10.1 Å². The van der Waals surface area contributed by atoms with Gasteiger partial charge in [0.05, 0.1) is 15.6 Å². The molecule has 0 bridgehead atoms. The first-order valence-corrected chi connectivity index (χ1v) is 9.44. The van der Waals surface area contributed by atoms with Gasteiger partial charge >= 0.3 is 0 Å². The monoisotopic (exact) mass is 480 g/mol. The third kappa shape index (κ3) is 6.35. The Morgan fingerprint density at radius 2 is 1.75 bits per heavy atom. The number of hydrogen-bond acceptors (Lipinski definition) is 4. The molecule has 12 heteroatoms. The number of hydrogen-bond donors (Lipinski definition) is 3. The number of thiocarbonyl (C=S) groups is 1. The van der Waals surface area contributed by atoms with E-state index in [-0.39, 0.29) is 15.8 Å². The minimum absolute atomic E-state index is 0.0274. The lowest BCUT2D eigenvalue weighted by atomic mass is 10.2. The highest BCUT2D eigenvalue weighted by Crippen LogP contribution is 2.30. The Labute approximate surface area is 185 Å². The van der Waals surface area contributed by atoms with Gasteiger partial charge in [-0.15, -0.1) is 0 Å². The van der Waals surface area contributed by atoms with Crippen LogP contribution in [0.2, 0.25) is 5.02 Å². The van der Waals surface area contributed by atoms with Crippen molar-refractivity contribution in [3.8, 4) is 0 Å². The SMILES string of the molecule is O=C(N[C@@H](NC(=S)Nc1ccc([N+](=O)[O-])cc1Cl)C(Cl)(Cl)Cl)c1ccccc1. The van der Waals surface area contributed by atoms with Crippen LogP contribution in [0.25, 0.3) is 0 Å². The summed E-state index contributed by atoms with van der Waals surface area (Å²) in [7, 11) is 0. The Balaban J connectivity index is 2.09. The van der Waals surface area contributed by atoms with E-state index in [2.05, 4.69) is 16.0 Å². The number of nitrogens with one attached hydrogen (secondary N) is 3. The molecule has 0 spiro atoms. The standard InChI is InChI=1S/C16H12Cl4N4O3S/c17-11-8-10(24(26)27)6-7-12(11)21-15(28)23-14(16(18,19)20)22-13(25)9-4-2-1-3-5-9/h1-8,14H,(H,22,25)(H2,21,23,28)/t14-/m0/s1. The zero-order valence-corrected chi connectivity index (χ0v) is 17.6. The number of nitro benzene ring substituents is 1. The number of nitro groups is 1. The molecular weight excluding hydrogens is 470 g/mol. The van der Waals surface area contributed by atoms with Gasteiger partial charge < -0.3 is 16.0 Å². The van der Waals surface area contributed by atoms with Crippen LogP contribution in [-0.4, -0.2) is 25.9 Å². The molecule has 3 N–H and O–H groups in total. The summed E-state index contributed by atoms with van der Waals surface area (Å²) in [6.45, 7) is 0. The Bertz CT molecular complexity index is 893. The molecule has 0 fully saturated rings. The fraction of sp³-hybridized carbons (Fsp3) is 0.125. The molecule has 1 amide bonds. The van der Waals surface area contributed by atoms with Crippen molar-refractivity contribution in [2.75, 3.05) is 5.32 Å². The summed E-state index contributed by atoms with van der Waals surface area (Å²) in [5.74, 6) is -0.486. The second kappa shape index (κ2) is 9.58. The third-order valence-electron chi connectivity index (χ3n) is 3.33. The highest BCUT2D eigenvalue weighted by Gasteiger charge is 2.35. The van der Waals surface area contributed by atoms with Gasteiger partial charge in [-0.2, -0.15) is 0 Å². The summed E-state index contributed by atoms with van der Waals surface area (Å²) in [6.07, 6.45) is -1.18. The van der Waals surface area contributed by atoms with Crippen molar-refractivity contribution in [2.24, 2.45) is 0 Å². The number of halogens is 4. The van der Waals surface area contributed by atoms with Crippen LogP contribution in [0.5, 0.6) is 0 Å². The molecule has 2 aromatic rings. The fourth-order valence-corrected chi connectivity index (χ4v) is 2.79. The zero-order valence-electron chi connectivity index (χ0n) is 13.8. The van der Waals surface area contributed by atoms with E-state index in [0.717, 1.165) is 6.07 Å². The average molecular weight is 482 g/mol. The van der Waals surface area contributed by atoms with Crippen LogP contribution >= 0.6 is 58.6 Å². The molecule has 0 radical (unpaired) electrons. The van der Waals surface area contributed by atoms with Gasteiger partial charge in [0.25, 0.3) is 11.6 Å². The molecule has 1 atom stereocenters. The van der Waals surface area contributed by atoms with Crippen molar-refractivity contribution < 1.29 is 9.72 Å². The maximum atomic E-state index is 12.3. The van der Waals surface area contributed by atoms with E-state index < -0.39 is 20.8 Å². The number of non-ortho nitro benzene ring substituents is 1. The lowest BCUT2D eigenvalue weighted by Crippen LogP contribution is -2.56. The van der Waals surface area contributed by atoms with Crippen LogP contribution in [0.1, 0.15) is 10.4 Å². The molecular formula is C16H12Cl4N4O3S. The largest absolute Gasteiger partial charge is 0.339 e. The van der Waals surface area contributed by atoms with E-state index in [1.165, 1.54) is 12.1 Å². The molecule has 0 aliphatic carbocycles. The summed E-state index contributed by atoms with van der Waals surface area (Å²) in [5, 5.41) is 18.7. The van der Waals surface area contributed by atoms with E-state index in [9.17, 15) is 14.9 Å². The van der Waals surface area contributed by atoms with Gasteiger partial charge in [0, 0.05) is 17.7 Å². The number of nitrogens with zero attached hydrogens (tertiary/aromatic N) is 1. The second-order valence-corrected chi connectivity index (χ2v) is 8.52. The Kier molecular flexibility index (Phi) is 7.68. The minimum atomic E-state index is -1.94. The van der Waals surface area contributed by atoms with E-state index in [0.29, 0.717) is 11.3 Å². The molecule has 148 valence electrons. The summed E-state index contributed by atoms with van der Waals surface area (Å²) in [5.41, 5.74) is 0.479. The number of rotatable bonds is 5. The average Bonchev–Trinajstić information content (AvgIpc) is 2.62. The van der Waals surface area contributed by atoms with Gasteiger partial charge in [0.1, 0.15) is 6.17 Å². The molecule has 2 rings (SSSR count). The summed E-state index contributed by atoms with van der Waals surface area (Å²) >= 11 is 28.9. The number of amides is 1. The number of carbonyl (C=O) groups excluding carboxylic acids is 1. The minimum Gasteiger partial charge on any atom is -0.339 e. The maximum absolute atomic E-state index is 12.3. The van der Waals surface area contributed by atoms with E-state index in [4.69, 9.17) is 58.6 Å². The Hall–Kier alpha value is -1.84. The highest BCUT2D eigenvalue weighted by atomic mass is 35.6. The Morgan fingerprint density at radius 1 is 1.11 bits per heavy atom. The maximum Gasteiger partial charge on any atom is 0.271 e. The molecule has 0 saturated heterocycles. The van der Waals surface area contributed by atoms with Crippen molar-refractivity contribution >= 4 is 81.0 Å². The third-order valence-corrected chi connectivity index (χ3v) is 4.51. The number of benzene rings is 2. The number of alkyl halides is 3. The van der Waals surface area contributed by atoms with Crippen LogP contribution in [0.3, 0.4) is 0 Å². The molecule has 0 aliphatic rings. The van der Waals surface area contributed by atoms with Gasteiger partial charge in [-0.1, -0.05) is 64.6 Å². The molecule has 0 heterocycles. The molecule has 0 aromatic heterocycles. The lowest BCUT2D eigenvalue weighted by Gasteiger charge is -2.28. The molecule has 28 heavy (non-hydrogen) atoms. The van der Waals surface area contributed by atoms with Gasteiger partial charge in [0.15, 0.2) is 5.11 Å². The van der Waals surface area contributed by atoms with Crippen LogP contribution in [0.4, 0.5) is 11.4 Å². The molecule has 0 aliphatic heterocycles. The first-order valence-electron chi connectivity index (χ1n) is 7.52. The molecule has 0 saturated carbocycles. The Morgan fingerprint density at radius 3 is 2.29 bits per heavy atom. The van der Waals surface area contributed by atoms with E-state index in [1.54, 1.807) is 30.3 Å². The lowest BCUT2D eigenvalue weighted by molar-refractivity contribution is -0.384. The van der Waals surface area contributed by atoms with Crippen LogP contribution < -0.4 is 16.0 Å². The smallest absolute Gasteiger partial charge is 0.271 e. The van der Waals surface area contributed by atoms with Crippen LogP contribution in [-0.2, 0) is 0 Å². The molecule has 2 aromatic carbocycles. The van der Waals surface area contributed by atoms with Gasteiger partial charge in [0.2, 0.25) is 3.79 Å².